The van der Waals surface area contributed by atoms with Gasteiger partial charge in [0.05, 0.1) is 25.8 Å². The fourth-order valence-corrected chi connectivity index (χ4v) is 2.68. The van der Waals surface area contributed by atoms with Gasteiger partial charge in [-0.2, -0.15) is 0 Å². The molecular formula is C15H17NO3S. The predicted octanol–water partition coefficient (Wildman–Crippen LogP) is 3.26. The van der Waals surface area contributed by atoms with E-state index in [1.807, 2.05) is 24.4 Å². The van der Waals surface area contributed by atoms with Crippen molar-refractivity contribution in [2.24, 2.45) is 0 Å². The molecule has 2 rings (SSSR count). The molecule has 1 aromatic heterocycles. The molecule has 20 heavy (non-hydrogen) atoms. The van der Waals surface area contributed by atoms with Crippen molar-refractivity contribution in [1.29, 1.82) is 0 Å². The van der Waals surface area contributed by atoms with E-state index in [9.17, 15) is 4.79 Å². The Bertz CT molecular complexity index is 581. The summed E-state index contributed by atoms with van der Waals surface area (Å²) in [4.78, 5) is 13.5. The van der Waals surface area contributed by atoms with Crippen LogP contribution in [0.4, 0.5) is 0 Å². The molecule has 0 fully saturated rings. The molecule has 0 aliphatic heterocycles. The molecule has 1 heterocycles. The number of nitrogens with one attached hydrogen (secondary N) is 1. The summed E-state index contributed by atoms with van der Waals surface area (Å²) in [7, 11) is 3.07. The zero-order chi connectivity index (χ0) is 14.5. The number of para-hydroxylation sites is 1. The van der Waals surface area contributed by atoms with Crippen molar-refractivity contribution in [3.05, 3.63) is 46.2 Å². The van der Waals surface area contributed by atoms with Crippen LogP contribution in [0.25, 0.3) is 0 Å². The average molecular weight is 291 g/mol. The van der Waals surface area contributed by atoms with Gasteiger partial charge in [-0.1, -0.05) is 12.1 Å². The third kappa shape index (κ3) is 2.93. The van der Waals surface area contributed by atoms with Gasteiger partial charge in [0, 0.05) is 4.88 Å². The number of ether oxygens (including phenoxy) is 2. The first-order chi connectivity index (χ1) is 9.67. The normalized spacial score (nSPS) is 11.8. The van der Waals surface area contributed by atoms with Crippen molar-refractivity contribution in [3.63, 3.8) is 0 Å². The summed E-state index contributed by atoms with van der Waals surface area (Å²) in [5, 5.41) is 4.95. The number of benzene rings is 1. The Morgan fingerprint density at radius 1 is 1.20 bits per heavy atom. The molecule has 0 saturated carbocycles. The third-order valence-electron chi connectivity index (χ3n) is 2.97. The highest BCUT2D eigenvalue weighted by Crippen LogP contribution is 2.31. The van der Waals surface area contributed by atoms with Crippen LogP contribution in [0.2, 0.25) is 0 Å². The zero-order valence-electron chi connectivity index (χ0n) is 11.7. The van der Waals surface area contributed by atoms with Gasteiger partial charge in [-0.05, 0) is 30.5 Å². The molecule has 0 unspecified atom stereocenters. The van der Waals surface area contributed by atoms with E-state index < -0.39 is 0 Å². The number of rotatable bonds is 5. The summed E-state index contributed by atoms with van der Waals surface area (Å²) in [5.41, 5.74) is 0.468. The number of methoxy groups -OCH3 is 2. The molecule has 106 valence electrons. The smallest absolute Gasteiger partial charge is 0.255 e. The first-order valence-electron chi connectivity index (χ1n) is 6.22. The van der Waals surface area contributed by atoms with Crippen LogP contribution in [0.15, 0.2) is 35.7 Å². The fraction of sp³-hybridized carbons (Fsp3) is 0.267. The lowest BCUT2D eigenvalue weighted by atomic mass is 10.1. The number of thiophene rings is 1. The number of hydrogen-bond acceptors (Lipinski definition) is 4. The first kappa shape index (κ1) is 14.4. The van der Waals surface area contributed by atoms with Crippen LogP contribution in [-0.2, 0) is 0 Å². The maximum Gasteiger partial charge on any atom is 0.255 e. The summed E-state index contributed by atoms with van der Waals surface area (Å²) >= 11 is 1.62. The maximum absolute atomic E-state index is 12.4. The molecule has 1 N–H and O–H groups in total. The van der Waals surface area contributed by atoms with Gasteiger partial charge in [0.2, 0.25) is 0 Å². The van der Waals surface area contributed by atoms with E-state index in [0.29, 0.717) is 17.1 Å². The molecule has 0 aliphatic rings. The highest BCUT2D eigenvalue weighted by molar-refractivity contribution is 7.10. The second-order valence-electron chi connectivity index (χ2n) is 4.25. The van der Waals surface area contributed by atoms with Crippen molar-refractivity contribution in [3.8, 4) is 11.5 Å². The second-order valence-corrected chi connectivity index (χ2v) is 5.23. The van der Waals surface area contributed by atoms with Gasteiger partial charge in [0.1, 0.15) is 0 Å². The molecular weight excluding hydrogens is 274 g/mol. The SMILES string of the molecule is COc1cccc(C(=O)N[C@H](C)c2cccs2)c1OC. The molecule has 1 atom stereocenters. The van der Waals surface area contributed by atoms with E-state index in [-0.39, 0.29) is 11.9 Å². The van der Waals surface area contributed by atoms with Gasteiger partial charge in [-0.15, -0.1) is 11.3 Å². The number of hydrogen-bond donors (Lipinski definition) is 1. The highest BCUT2D eigenvalue weighted by atomic mass is 32.1. The average Bonchev–Trinajstić information content (AvgIpc) is 3.00. The monoisotopic (exact) mass is 291 g/mol. The standard InChI is InChI=1S/C15H17NO3S/c1-10(13-8-5-9-20-13)16-15(17)11-6-4-7-12(18-2)14(11)19-3/h4-10H,1-3H3,(H,16,17)/t10-/m1/s1. The molecule has 0 saturated heterocycles. The van der Waals surface area contributed by atoms with E-state index in [1.54, 1.807) is 36.6 Å². The van der Waals surface area contributed by atoms with Crippen LogP contribution in [0.1, 0.15) is 28.2 Å². The van der Waals surface area contributed by atoms with Crippen LogP contribution >= 0.6 is 11.3 Å². The lowest BCUT2D eigenvalue weighted by Gasteiger charge is -2.15. The Morgan fingerprint density at radius 3 is 2.60 bits per heavy atom. The summed E-state index contributed by atoms with van der Waals surface area (Å²) < 4.78 is 10.5. The first-order valence-corrected chi connectivity index (χ1v) is 7.10. The molecule has 5 heteroatoms. The predicted molar refractivity (Wildman–Crippen MR) is 79.7 cm³/mol. The lowest BCUT2D eigenvalue weighted by molar-refractivity contribution is 0.0937. The summed E-state index contributed by atoms with van der Waals surface area (Å²) in [6.45, 7) is 1.95. The number of amides is 1. The molecule has 0 radical (unpaired) electrons. The van der Waals surface area contributed by atoms with Gasteiger partial charge in [0.15, 0.2) is 11.5 Å². The maximum atomic E-state index is 12.4. The quantitative estimate of drug-likeness (QED) is 0.920. The van der Waals surface area contributed by atoms with Crippen molar-refractivity contribution in [1.82, 2.24) is 5.32 Å². The molecule has 0 aliphatic carbocycles. The van der Waals surface area contributed by atoms with Crippen LogP contribution < -0.4 is 14.8 Å². The van der Waals surface area contributed by atoms with E-state index in [2.05, 4.69) is 5.32 Å². The molecule has 2 aromatic rings. The lowest BCUT2D eigenvalue weighted by Crippen LogP contribution is -2.26. The van der Waals surface area contributed by atoms with Gasteiger partial charge in [0.25, 0.3) is 5.91 Å². The Kier molecular flexibility index (Phi) is 4.63. The topological polar surface area (TPSA) is 47.6 Å². The van der Waals surface area contributed by atoms with Crippen LogP contribution in [0, 0.1) is 0 Å². The summed E-state index contributed by atoms with van der Waals surface area (Å²) in [6, 6.07) is 9.17. The number of carbonyl (C=O) groups is 1. The fourth-order valence-electron chi connectivity index (χ4n) is 1.95. The van der Waals surface area contributed by atoms with E-state index >= 15 is 0 Å². The van der Waals surface area contributed by atoms with Crippen LogP contribution in [0.5, 0.6) is 11.5 Å². The van der Waals surface area contributed by atoms with E-state index in [0.717, 1.165) is 4.88 Å². The molecule has 1 amide bonds. The van der Waals surface area contributed by atoms with Gasteiger partial charge in [-0.3, -0.25) is 4.79 Å². The second kappa shape index (κ2) is 6.43. The third-order valence-corrected chi connectivity index (χ3v) is 4.02. The zero-order valence-corrected chi connectivity index (χ0v) is 12.5. The highest BCUT2D eigenvalue weighted by Gasteiger charge is 2.18. The van der Waals surface area contributed by atoms with Crippen molar-refractivity contribution in [2.45, 2.75) is 13.0 Å². The summed E-state index contributed by atoms with van der Waals surface area (Å²) in [6.07, 6.45) is 0. The minimum absolute atomic E-state index is 0.0431. The van der Waals surface area contributed by atoms with Crippen molar-refractivity contribution in [2.75, 3.05) is 14.2 Å². The van der Waals surface area contributed by atoms with E-state index in [1.165, 1.54) is 7.11 Å². The largest absolute Gasteiger partial charge is 0.493 e. The van der Waals surface area contributed by atoms with Gasteiger partial charge >= 0.3 is 0 Å². The minimum Gasteiger partial charge on any atom is -0.493 e. The Hall–Kier alpha value is -2.01. The summed E-state index contributed by atoms with van der Waals surface area (Å²) in [5.74, 6) is 0.816. The van der Waals surface area contributed by atoms with Crippen LogP contribution in [-0.4, -0.2) is 20.1 Å². The molecule has 0 bridgehead atoms. The minimum atomic E-state index is -0.179. The van der Waals surface area contributed by atoms with Crippen LogP contribution in [0.3, 0.4) is 0 Å². The Labute approximate surface area is 122 Å². The van der Waals surface area contributed by atoms with Gasteiger partial charge in [-0.25, -0.2) is 0 Å². The molecule has 4 nitrogen and oxygen atoms in total. The number of carbonyl (C=O) groups excluding carboxylic acids is 1. The Morgan fingerprint density at radius 2 is 2.00 bits per heavy atom. The van der Waals surface area contributed by atoms with Crippen molar-refractivity contribution < 1.29 is 14.3 Å². The van der Waals surface area contributed by atoms with Crippen molar-refractivity contribution >= 4 is 17.2 Å². The van der Waals surface area contributed by atoms with E-state index in [4.69, 9.17) is 9.47 Å². The molecule has 1 aromatic carbocycles. The van der Waals surface area contributed by atoms with Gasteiger partial charge < -0.3 is 14.8 Å². The molecule has 0 spiro atoms. The Balaban J connectivity index is 2.21.